The van der Waals surface area contributed by atoms with Gasteiger partial charge in [0.15, 0.2) is 0 Å². The monoisotopic (exact) mass is 184 g/mol. The lowest BCUT2D eigenvalue weighted by Gasteiger charge is -2.25. The molecule has 0 amide bonds. The maximum Gasteiger partial charge on any atom is 0.0906 e. The van der Waals surface area contributed by atoms with Gasteiger partial charge in [0.05, 0.1) is 19.3 Å². The van der Waals surface area contributed by atoms with Gasteiger partial charge in [-0.2, -0.15) is 5.26 Å². The predicted molar refractivity (Wildman–Crippen MR) is 50.0 cm³/mol. The molecule has 3 heteroatoms. The third-order valence-corrected chi connectivity index (χ3v) is 2.69. The first-order chi connectivity index (χ1) is 6.38. The molecule has 0 bridgehead atoms. The topological polar surface area (TPSA) is 27.0 Å². The molecular weight excluding hydrogens is 167 g/mol. The summed E-state index contributed by atoms with van der Waals surface area (Å²) in [5, 5.41) is 8.61. The highest BCUT2D eigenvalue weighted by molar-refractivity contribution is 4.84. The van der Waals surface area contributed by atoms with E-state index in [1.807, 2.05) is 0 Å². The number of hydrogen-bond donors (Lipinski definition) is 0. The Kier molecular flexibility index (Phi) is 4.77. The van der Waals surface area contributed by atoms with E-state index in [0.29, 0.717) is 19.0 Å². The lowest BCUT2D eigenvalue weighted by atomic mass is 10.2. The molecular formula is C10H17FN2. The van der Waals surface area contributed by atoms with Gasteiger partial charge in [-0.05, 0) is 19.3 Å². The Bertz CT molecular complexity index is 170. The van der Waals surface area contributed by atoms with E-state index in [-0.39, 0.29) is 6.67 Å². The van der Waals surface area contributed by atoms with Crippen molar-refractivity contribution in [1.29, 1.82) is 5.26 Å². The molecule has 0 aromatic rings. The van der Waals surface area contributed by atoms with E-state index >= 15 is 0 Å². The summed E-state index contributed by atoms with van der Waals surface area (Å²) < 4.78 is 12.0. The van der Waals surface area contributed by atoms with Gasteiger partial charge in [-0.3, -0.25) is 9.29 Å². The fourth-order valence-electron chi connectivity index (χ4n) is 2.01. The second-order valence-electron chi connectivity index (χ2n) is 3.61. The molecule has 1 aliphatic carbocycles. The highest BCUT2D eigenvalue weighted by atomic mass is 19.1. The lowest BCUT2D eigenvalue weighted by molar-refractivity contribution is 0.213. The average Bonchev–Trinajstić information content (AvgIpc) is 2.65. The minimum Gasteiger partial charge on any atom is -0.287 e. The third-order valence-electron chi connectivity index (χ3n) is 2.69. The molecule has 0 radical (unpaired) electrons. The zero-order valence-corrected chi connectivity index (χ0v) is 8.01. The summed E-state index contributed by atoms with van der Waals surface area (Å²) in [4.78, 5) is 2.13. The molecule has 0 unspecified atom stereocenters. The predicted octanol–water partition coefficient (Wildman–Crippen LogP) is 2.11. The van der Waals surface area contributed by atoms with Crippen LogP contribution in [0, 0.1) is 11.3 Å². The summed E-state index contributed by atoms with van der Waals surface area (Å²) >= 11 is 0. The molecule has 1 fully saturated rings. The average molecular weight is 184 g/mol. The highest BCUT2D eigenvalue weighted by Crippen LogP contribution is 2.23. The maximum absolute atomic E-state index is 12.0. The molecule has 0 aromatic heterocycles. The first-order valence-electron chi connectivity index (χ1n) is 5.05. The zero-order valence-electron chi connectivity index (χ0n) is 8.01. The smallest absolute Gasteiger partial charge is 0.0906 e. The lowest BCUT2D eigenvalue weighted by Crippen LogP contribution is -2.34. The van der Waals surface area contributed by atoms with E-state index in [1.54, 1.807) is 0 Å². The summed E-state index contributed by atoms with van der Waals surface area (Å²) in [5.41, 5.74) is 0. The van der Waals surface area contributed by atoms with Crippen LogP contribution in [0.1, 0.15) is 32.1 Å². The first-order valence-corrected chi connectivity index (χ1v) is 5.05. The summed E-state index contributed by atoms with van der Waals surface area (Å²) in [5.74, 6) is 0. The van der Waals surface area contributed by atoms with Crippen LogP contribution in [-0.2, 0) is 0 Å². The molecule has 1 aliphatic rings. The Hall–Kier alpha value is -0.620. The standard InChI is InChI=1S/C10H17FN2/c11-6-3-8-13(9-7-12)10-4-1-2-5-10/h10H,1-6,8-9H2. The Morgan fingerprint density at radius 3 is 2.62 bits per heavy atom. The van der Waals surface area contributed by atoms with E-state index in [2.05, 4.69) is 11.0 Å². The molecule has 13 heavy (non-hydrogen) atoms. The van der Waals surface area contributed by atoms with E-state index in [4.69, 9.17) is 5.26 Å². The van der Waals surface area contributed by atoms with Crippen molar-refractivity contribution in [2.24, 2.45) is 0 Å². The molecule has 0 atom stereocenters. The van der Waals surface area contributed by atoms with Crippen molar-refractivity contribution >= 4 is 0 Å². The Labute approximate surface area is 79.3 Å². The van der Waals surface area contributed by atoms with Crippen LogP contribution >= 0.6 is 0 Å². The second kappa shape index (κ2) is 5.93. The summed E-state index contributed by atoms with van der Waals surface area (Å²) in [7, 11) is 0. The van der Waals surface area contributed by atoms with Gasteiger partial charge in [0, 0.05) is 12.6 Å². The molecule has 0 aliphatic heterocycles. The zero-order chi connectivity index (χ0) is 9.52. The molecule has 1 saturated carbocycles. The van der Waals surface area contributed by atoms with Gasteiger partial charge < -0.3 is 0 Å². The number of rotatable bonds is 5. The second-order valence-corrected chi connectivity index (χ2v) is 3.61. The fourth-order valence-corrected chi connectivity index (χ4v) is 2.01. The molecule has 0 saturated heterocycles. The number of nitrogens with zero attached hydrogens (tertiary/aromatic N) is 2. The van der Waals surface area contributed by atoms with Gasteiger partial charge >= 0.3 is 0 Å². The Morgan fingerprint density at radius 1 is 1.38 bits per heavy atom. The van der Waals surface area contributed by atoms with Crippen molar-refractivity contribution in [2.75, 3.05) is 19.8 Å². The number of nitriles is 1. The van der Waals surface area contributed by atoms with Crippen LogP contribution in [0.3, 0.4) is 0 Å². The minimum absolute atomic E-state index is 0.269. The van der Waals surface area contributed by atoms with Crippen molar-refractivity contribution in [2.45, 2.75) is 38.1 Å². The summed E-state index contributed by atoms with van der Waals surface area (Å²) in [6.45, 7) is 0.939. The summed E-state index contributed by atoms with van der Waals surface area (Å²) in [6, 6.07) is 2.70. The number of alkyl halides is 1. The van der Waals surface area contributed by atoms with Crippen LogP contribution < -0.4 is 0 Å². The molecule has 2 nitrogen and oxygen atoms in total. The maximum atomic E-state index is 12.0. The quantitative estimate of drug-likeness (QED) is 0.612. The normalized spacial score (nSPS) is 17.9. The van der Waals surface area contributed by atoms with Crippen molar-refractivity contribution in [3.63, 3.8) is 0 Å². The van der Waals surface area contributed by atoms with Gasteiger partial charge in [0.25, 0.3) is 0 Å². The summed E-state index contributed by atoms with van der Waals surface area (Å²) in [6.07, 6.45) is 5.48. The fraction of sp³-hybridized carbons (Fsp3) is 0.900. The van der Waals surface area contributed by atoms with Gasteiger partial charge in [-0.15, -0.1) is 0 Å². The van der Waals surface area contributed by atoms with E-state index in [1.165, 1.54) is 25.7 Å². The van der Waals surface area contributed by atoms with Crippen LogP contribution in [0.15, 0.2) is 0 Å². The van der Waals surface area contributed by atoms with Crippen LogP contribution in [0.5, 0.6) is 0 Å². The van der Waals surface area contributed by atoms with Crippen molar-refractivity contribution in [3.05, 3.63) is 0 Å². The first kappa shape index (κ1) is 10.5. The highest BCUT2D eigenvalue weighted by Gasteiger charge is 2.21. The van der Waals surface area contributed by atoms with Crippen LogP contribution in [0.4, 0.5) is 4.39 Å². The van der Waals surface area contributed by atoms with Gasteiger partial charge in [-0.25, -0.2) is 0 Å². The van der Waals surface area contributed by atoms with Crippen LogP contribution in [0.25, 0.3) is 0 Å². The SMILES string of the molecule is N#CCN(CCCF)C1CCCC1. The third kappa shape index (κ3) is 3.31. The van der Waals surface area contributed by atoms with Gasteiger partial charge in [0.2, 0.25) is 0 Å². The van der Waals surface area contributed by atoms with E-state index < -0.39 is 0 Å². The largest absolute Gasteiger partial charge is 0.287 e. The van der Waals surface area contributed by atoms with Crippen LogP contribution in [0.2, 0.25) is 0 Å². The van der Waals surface area contributed by atoms with Crippen molar-refractivity contribution in [3.8, 4) is 6.07 Å². The Morgan fingerprint density at radius 2 is 2.08 bits per heavy atom. The van der Waals surface area contributed by atoms with Gasteiger partial charge in [-0.1, -0.05) is 12.8 Å². The van der Waals surface area contributed by atoms with Crippen molar-refractivity contribution < 1.29 is 4.39 Å². The molecule has 0 heterocycles. The number of halogens is 1. The van der Waals surface area contributed by atoms with E-state index in [0.717, 1.165) is 6.54 Å². The molecule has 0 N–H and O–H groups in total. The molecule has 0 spiro atoms. The molecule has 1 rings (SSSR count). The minimum atomic E-state index is -0.269. The number of hydrogen-bond acceptors (Lipinski definition) is 2. The van der Waals surface area contributed by atoms with Gasteiger partial charge in [0.1, 0.15) is 0 Å². The molecule has 74 valence electrons. The van der Waals surface area contributed by atoms with Crippen molar-refractivity contribution in [1.82, 2.24) is 4.90 Å². The Balaban J connectivity index is 2.32. The molecule has 0 aromatic carbocycles. The van der Waals surface area contributed by atoms with Crippen LogP contribution in [-0.4, -0.2) is 30.7 Å². The van der Waals surface area contributed by atoms with E-state index in [9.17, 15) is 4.39 Å².